The van der Waals surface area contributed by atoms with Crippen molar-refractivity contribution in [3.05, 3.63) is 70.5 Å². The fourth-order valence-electron chi connectivity index (χ4n) is 4.46. The topological polar surface area (TPSA) is 70.0 Å². The van der Waals surface area contributed by atoms with E-state index >= 15 is 0 Å². The van der Waals surface area contributed by atoms with Gasteiger partial charge in [-0.1, -0.05) is 36.4 Å². The average Bonchev–Trinajstić information content (AvgIpc) is 3.11. The molecule has 1 aliphatic heterocycles. The molecule has 0 unspecified atom stereocenters. The summed E-state index contributed by atoms with van der Waals surface area (Å²) in [6, 6.07) is 12.5. The van der Waals surface area contributed by atoms with Gasteiger partial charge in [-0.05, 0) is 61.4 Å². The van der Waals surface area contributed by atoms with Gasteiger partial charge in [-0.2, -0.15) is 0 Å². The second-order valence-corrected chi connectivity index (χ2v) is 8.95. The summed E-state index contributed by atoms with van der Waals surface area (Å²) in [5, 5.41) is 19.5. The Hall–Kier alpha value is -2.35. The summed E-state index contributed by atoms with van der Waals surface area (Å²) < 4.78 is 33.9. The number of halogens is 2. The van der Waals surface area contributed by atoms with Gasteiger partial charge in [-0.25, -0.2) is 8.78 Å². The number of β-amino-alcohol motifs (C(OH)–C–C–N with tert-alkyl or cyclic N) is 1. The number of aliphatic carboxylic acids is 1. The highest BCUT2D eigenvalue weighted by molar-refractivity contribution is 5.67. The first-order valence-electron chi connectivity index (χ1n) is 11.4. The molecule has 0 aliphatic carbocycles. The van der Waals surface area contributed by atoms with E-state index in [0.29, 0.717) is 24.8 Å². The quantitative estimate of drug-likeness (QED) is 0.524. The normalized spacial score (nSPS) is 20.6. The first kappa shape index (κ1) is 25.3. The van der Waals surface area contributed by atoms with Crippen LogP contribution in [0.3, 0.4) is 0 Å². The summed E-state index contributed by atoms with van der Waals surface area (Å²) in [6.07, 6.45) is -0.759. The Balaban J connectivity index is 1.54. The third-order valence-electron chi connectivity index (χ3n) is 6.27. The van der Waals surface area contributed by atoms with E-state index in [1.165, 1.54) is 6.07 Å². The second-order valence-electron chi connectivity index (χ2n) is 8.95. The molecule has 2 N–H and O–H groups in total. The summed E-state index contributed by atoms with van der Waals surface area (Å²) in [5.41, 5.74) is 3.21. The number of ether oxygens (including phenoxy) is 1. The van der Waals surface area contributed by atoms with Crippen molar-refractivity contribution in [2.24, 2.45) is 0 Å². The Morgan fingerprint density at radius 3 is 2.76 bits per heavy atom. The number of carboxylic acids is 1. The van der Waals surface area contributed by atoms with Gasteiger partial charge < -0.3 is 14.9 Å². The summed E-state index contributed by atoms with van der Waals surface area (Å²) >= 11 is 0. The highest BCUT2D eigenvalue weighted by atomic mass is 19.1. The number of alkyl halides is 1. The fourth-order valence-corrected chi connectivity index (χ4v) is 4.46. The number of aryl methyl sites for hydroxylation is 2. The van der Waals surface area contributed by atoms with Crippen LogP contribution in [-0.4, -0.2) is 59.1 Å². The lowest BCUT2D eigenvalue weighted by atomic mass is 9.99. The molecule has 2 aromatic carbocycles. The van der Waals surface area contributed by atoms with Crippen molar-refractivity contribution in [1.29, 1.82) is 0 Å². The van der Waals surface area contributed by atoms with E-state index in [-0.39, 0.29) is 44.1 Å². The number of nitrogens with zero attached hydrogens (tertiary/aromatic N) is 1. The van der Waals surface area contributed by atoms with Gasteiger partial charge in [0, 0.05) is 25.6 Å². The molecule has 0 aromatic heterocycles. The molecule has 1 saturated heterocycles. The van der Waals surface area contributed by atoms with E-state index in [1.54, 1.807) is 13.0 Å². The summed E-state index contributed by atoms with van der Waals surface area (Å²) in [4.78, 5) is 12.8. The van der Waals surface area contributed by atoms with E-state index in [9.17, 15) is 18.7 Å². The Bertz CT molecular complexity index is 938. The van der Waals surface area contributed by atoms with Crippen LogP contribution in [0.25, 0.3) is 0 Å². The van der Waals surface area contributed by atoms with Crippen LogP contribution < -0.4 is 0 Å². The molecule has 0 amide bonds. The number of hydrogen-bond donors (Lipinski definition) is 2. The number of carbonyl (C=O) groups is 1. The molecule has 1 aliphatic rings. The zero-order valence-electron chi connectivity index (χ0n) is 19.2. The maximum Gasteiger partial charge on any atom is 0.303 e. The Labute approximate surface area is 194 Å². The smallest absolute Gasteiger partial charge is 0.303 e. The molecule has 0 radical (unpaired) electrons. The largest absolute Gasteiger partial charge is 0.481 e. The van der Waals surface area contributed by atoms with Crippen molar-refractivity contribution >= 4 is 5.97 Å². The van der Waals surface area contributed by atoms with Crippen LogP contribution >= 0.6 is 0 Å². The van der Waals surface area contributed by atoms with Crippen LogP contribution in [0.5, 0.6) is 0 Å². The average molecular weight is 462 g/mol. The number of hydrogen-bond acceptors (Lipinski definition) is 4. The first-order valence-corrected chi connectivity index (χ1v) is 11.4. The number of rotatable bonds is 11. The van der Waals surface area contributed by atoms with Crippen molar-refractivity contribution in [2.75, 3.05) is 19.7 Å². The van der Waals surface area contributed by atoms with Crippen LogP contribution in [0.2, 0.25) is 0 Å². The van der Waals surface area contributed by atoms with Crippen molar-refractivity contribution in [3.63, 3.8) is 0 Å². The van der Waals surface area contributed by atoms with Crippen LogP contribution in [0.4, 0.5) is 8.78 Å². The van der Waals surface area contributed by atoms with Gasteiger partial charge in [0.15, 0.2) is 0 Å². The molecule has 5 nitrogen and oxygen atoms in total. The Morgan fingerprint density at radius 2 is 2.03 bits per heavy atom. The molecule has 0 spiro atoms. The van der Waals surface area contributed by atoms with Crippen molar-refractivity contribution in [3.8, 4) is 0 Å². The van der Waals surface area contributed by atoms with Gasteiger partial charge in [0.1, 0.15) is 12.0 Å². The zero-order valence-corrected chi connectivity index (χ0v) is 19.2. The molecule has 1 heterocycles. The van der Waals surface area contributed by atoms with Crippen molar-refractivity contribution in [2.45, 2.75) is 64.0 Å². The summed E-state index contributed by atoms with van der Waals surface area (Å²) in [6.45, 7) is 4.17. The van der Waals surface area contributed by atoms with E-state index in [0.717, 1.165) is 16.7 Å². The molecule has 0 bridgehead atoms. The van der Waals surface area contributed by atoms with E-state index in [4.69, 9.17) is 9.84 Å². The number of aliphatic hydroxyl groups is 1. The van der Waals surface area contributed by atoms with E-state index in [1.807, 2.05) is 42.2 Å². The molecular weight excluding hydrogens is 428 g/mol. The minimum atomic E-state index is -0.974. The number of carboxylic acid groups (broad SMARTS) is 1. The van der Waals surface area contributed by atoms with E-state index in [2.05, 4.69) is 0 Å². The number of benzene rings is 2. The predicted octanol–water partition coefficient (Wildman–Crippen LogP) is 4.24. The molecule has 7 heteroatoms. The maximum absolute atomic E-state index is 14.2. The molecule has 33 heavy (non-hydrogen) atoms. The minimum absolute atomic E-state index is 0.0397. The lowest BCUT2D eigenvalue weighted by molar-refractivity contribution is -0.136. The zero-order chi connectivity index (χ0) is 24.0. The lowest BCUT2D eigenvalue weighted by Crippen LogP contribution is -2.39. The van der Waals surface area contributed by atoms with Crippen LogP contribution in [0.15, 0.2) is 42.5 Å². The number of likely N-dealkylation sites (tertiary alicyclic amines) is 1. The standard InChI is InChI=1S/C26H33F2NO4/c1-17-7-8-19(12-25(17)28)11-22-13-21(27)14-29(22)15-23(30)16-33-18(2)24-6-4-3-5-20(24)9-10-26(31)32/h3-8,12,18,21-23,30H,9-11,13-16H2,1-2H3,(H,31,32)/t18-,21-,22-,23-/m1/s1. The van der Waals surface area contributed by atoms with Gasteiger partial charge in [-0.15, -0.1) is 0 Å². The van der Waals surface area contributed by atoms with Gasteiger partial charge in [0.25, 0.3) is 0 Å². The van der Waals surface area contributed by atoms with Crippen molar-refractivity contribution < 1.29 is 28.5 Å². The monoisotopic (exact) mass is 461 g/mol. The molecule has 180 valence electrons. The Kier molecular flexibility index (Phi) is 8.95. The van der Waals surface area contributed by atoms with Gasteiger partial charge in [0.2, 0.25) is 0 Å². The maximum atomic E-state index is 14.2. The van der Waals surface area contributed by atoms with Crippen molar-refractivity contribution in [1.82, 2.24) is 4.90 Å². The molecule has 3 rings (SSSR count). The fraction of sp³-hybridized carbons (Fsp3) is 0.500. The molecular formula is C26H33F2NO4. The van der Waals surface area contributed by atoms with Gasteiger partial charge in [0.05, 0.1) is 18.8 Å². The summed E-state index contributed by atoms with van der Waals surface area (Å²) in [5.74, 6) is -1.12. The highest BCUT2D eigenvalue weighted by Crippen LogP contribution is 2.26. The summed E-state index contributed by atoms with van der Waals surface area (Å²) in [7, 11) is 0. The SMILES string of the molecule is Cc1ccc(C[C@@H]2C[C@@H](F)CN2C[C@@H](O)CO[C@H](C)c2ccccc2CCC(=O)O)cc1F. The first-order chi connectivity index (χ1) is 15.7. The third-order valence-corrected chi connectivity index (χ3v) is 6.27. The highest BCUT2D eigenvalue weighted by Gasteiger charge is 2.33. The molecule has 2 aromatic rings. The third kappa shape index (κ3) is 7.32. The molecule has 4 atom stereocenters. The predicted molar refractivity (Wildman–Crippen MR) is 122 cm³/mol. The van der Waals surface area contributed by atoms with Gasteiger partial charge >= 0.3 is 5.97 Å². The number of aliphatic hydroxyl groups excluding tert-OH is 1. The second kappa shape index (κ2) is 11.7. The van der Waals surface area contributed by atoms with Crippen LogP contribution in [0, 0.1) is 12.7 Å². The Morgan fingerprint density at radius 1 is 1.27 bits per heavy atom. The van der Waals surface area contributed by atoms with Crippen LogP contribution in [-0.2, 0) is 22.4 Å². The molecule has 1 fully saturated rings. The molecule has 0 saturated carbocycles. The van der Waals surface area contributed by atoms with Gasteiger partial charge in [-0.3, -0.25) is 9.69 Å². The minimum Gasteiger partial charge on any atom is -0.481 e. The lowest BCUT2D eigenvalue weighted by Gasteiger charge is -2.27. The van der Waals surface area contributed by atoms with Crippen LogP contribution in [0.1, 0.15) is 48.1 Å². The van der Waals surface area contributed by atoms with E-state index < -0.39 is 18.2 Å².